The summed E-state index contributed by atoms with van der Waals surface area (Å²) < 4.78 is 14.6. The van der Waals surface area contributed by atoms with E-state index in [-0.39, 0.29) is 21.7 Å². The van der Waals surface area contributed by atoms with Crippen molar-refractivity contribution in [2.24, 2.45) is 5.41 Å². The molecule has 0 unspecified atom stereocenters. The summed E-state index contributed by atoms with van der Waals surface area (Å²) in [5.74, 6) is 2.31. The summed E-state index contributed by atoms with van der Waals surface area (Å²) in [5.41, 5.74) is 11.8. The van der Waals surface area contributed by atoms with Crippen LogP contribution in [-0.2, 0) is 35.6 Å². The van der Waals surface area contributed by atoms with Crippen molar-refractivity contribution in [3.05, 3.63) is 142 Å². The van der Waals surface area contributed by atoms with E-state index >= 15 is 0 Å². The van der Waals surface area contributed by atoms with Crippen molar-refractivity contribution >= 4 is 32.8 Å². The van der Waals surface area contributed by atoms with Crippen LogP contribution in [0, 0.1) is 16.1 Å². The summed E-state index contributed by atoms with van der Waals surface area (Å²) in [7, 11) is 0. The van der Waals surface area contributed by atoms with Crippen molar-refractivity contribution in [3.8, 4) is 28.7 Å². The number of fused-ring (bicyclic) bond motifs is 5. The molecule has 0 amide bonds. The molecule has 9 rings (SSSR count). The molecule has 0 atom stereocenters. The summed E-state index contributed by atoms with van der Waals surface area (Å²) in [6, 6.07) is 35.0. The first-order chi connectivity index (χ1) is 26.5. The van der Waals surface area contributed by atoms with E-state index in [4.69, 9.17) is 14.7 Å². The van der Waals surface area contributed by atoms with Crippen LogP contribution in [0.25, 0.3) is 50.0 Å². The molecule has 0 radical (unpaired) electrons. The summed E-state index contributed by atoms with van der Waals surface area (Å²) in [6.07, 6.45) is 5.64. The van der Waals surface area contributed by atoms with Gasteiger partial charge in [-0.3, -0.25) is 0 Å². The molecular weight excluding hydrogens is 870 g/mol. The Kier molecular flexibility index (Phi) is 8.14. The Hall–Kier alpha value is -5.06. The maximum absolute atomic E-state index is 6.72. The van der Waals surface area contributed by atoms with Crippen molar-refractivity contribution in [3.63, 3.8) is 0 Å². The molecule has 1 aliphatic rings. The Morgan fingerprint density at radius 1 is 0.607 bits per heavy atom. The number of aryl methyl sites for hydroxylation is 1. The molecule has 8 aromatic rings. The zero-order valence-corrected chi connectivity index (χ0v) is 36.2. The molecule has 0 N–H and O–H groups in total. The summed E-state index contributed by atoms with van der Waals surface area (Å²) in [4.78, 5) is 9.70. The van der Waals surface area contributed by atoms with Crippen LogP contribution in [0.2, 0.25) is 0 Å². The molecule has 4 aromatic carbocycles. The summed E-state index contributed by atoms with van der Waals surface area (Å²) >= 11 is 2.42. The van der Waals surface area contributed by atoms with Gasteiger partial charge in [0.05, 0.1) is 0 Å². The second-order valence-corrected chi connectivity index (χ2v) is 19.2. The molecule has 1 aliphatic carbocycles. The Balaban J connectivity index is 1.20. The van der Waals surface area contributed by atoms with Gasteiger partial charge in [-0.25, -0.2) is 0 Å². The van der Waals surface area contributed by atoms with Gasteiger partial charge in [0.2, 0.25) is 0 Å². The van der Waals surface area contributed by atoms with Crippen molar-refractivity contribution in [2.45, 2.75) is 85.5 Å². The fourth-order valence-electron chi connectivity index (χ4n) is 8.87. The number of hydrogen-bond acceptors (Lipinski definition) is 3. The number of aromatic nitrogens is 5. The van der Waals surface area contributed by atoms with E-state index in [2.05, 4.69) is 199 Å². The SMILES string of the molecule is Cc1ccc(-n2[c](=[Pt])n(-c3cncc(Oc4ccc5c6cc7c(cc6n(-c6cc(C(C)(C)C)ccn6)c5c4)C(C)(C)C(C)(C)C7(C)C)c3)c3ccccc32)cc1. The molecule has 0 fully saturated rings. The topological polar surface area (TPSA) is 49.8 Å². The third kappa shape index (κ3) is 5.35. The molecule has 6 nitrogen and oxygen atoms in total. The van der Waals surface area contributed by atoms with Gasteiger partial charge >= 0.3 is 229 Å². The Labute approximate surface area is 340 Å². The van der Waals surface area contributed by atoms with E-state index in [9.17, 15) is 0 Å². The average Bonchev–Trinajstić information content (AvgIpc) is 3.67. The molecular formula is C49H49N5OPt. The maximum atomic E-state index is 6.72. The number of rotatable bonds is 5. The standard InChI is InChI=1S/C49H49N5O.Pt/c1-31-15-17-33(18-16-31)52-30-53(42-14-12-11-13-41(42)52)34-24-36(29-50-28-34)55-35-19-20-37-38-26-39-40(48(7,8)49(9,10)47(39,5)6)27-44(38)54(43(37)25-35)45-23-32(21-22-51-45)46(2,3)4;/h11-29H,1-10H3;. The van der Waals surface area contributed by atoms with Gasteiger partial charge < -0.3 is 0 Å². The van der Waals surface area contributed by atoms with Gasteiger partial charge in [-0.05, 0) is 44.4 Å². The predicted molar refractivity (Wildman–Crippen MR) is 226 cm³/mol. The first-order valence-corrected chi connectivity index (χ1v) is 20.6. The van der Waals surface area contributed by atoms with Crippen molar-refractivity contribution in [2.75, 3.05) is 0 Å². The van der Waals surface area contributed by atoms with Gasteiger partial charge in [-0.2, -0.15) is 0 Å². The quantitative estimate of drug-likeness (QED) is 0.173. The van der Waals surface area contributed by atoms with Crippen LogP contribution in [0.1, 0.15) is 84.6 Å². The van der Waals surface area contributed by atoms with Gasteiger partial charge in [0.1, 0.15) is 0 Å². The van der Waals surface area contributed by atoms with E-state index in [1.54, 1.807) is 6.20 Å². The van der Waals surface area contributed by atoms with Crippen LogP contribution >= 0.6 is 0 Å². The molecule has 4 heterocycles. The first-order valence-electron chi connectivity index (χ1n) is 19.5. The van der Waals surface area contributed by atoms with Crippen LogP contribution in [0.3, 0.4) is 0 Å². The normalized spacial score (nSPS) is 15.9. The minimum absolute atomic E-state index is 0.0117. The minimum atomic E-state index is -0.0312. The zero-order chi connectivity index (χ0) is 39.5. The average molecular weight is 919 g/mol. The molecule has 56 heavy (non-hydrogen) atoms. The molecule has 286 valence electrons. The van der Waals surface area contributed by atoms with Crippen molar-refractivity contribution in [1.29, 1.82) is 0 Å². The summed E-state index contributed by atoms with van der Waals surface area (Å²) in [5, 5.41) is 2.41. The van der Waals surface area contributed by atoms with Crippen LogP contribution in [0.4, 0.5) is 0 Å². The second-order valence-electron chi connectivity index (χ2n) is 18.2. The van der Waals surface area contributed by atoms with E-state index in [0.717, 1.165) is 48.8 Å². The van der Waals surface area contributed by atoms with Gasteiger partial charge in [0, 0.05) is 6.20 Å². The van der Waals surface area contributed by atoms with Crippen LogP contribution < -0.4 is 4.74 Å². The zero-order valence-electron chi connectivity index (χ0n) is 33.9. The van der Waals surface area contributed by atoms with E-state index < -0.39 is 0 Å². The number of hydrogen-bond donors (Lipinski definition) is 0. The monoisotopic (exact) mass is 918 g/mol. The van der Waals surface area contributed by atoms with Crippen molar-refractivity contribution in [1.82, 2.24) is 23.7 Å². The Morgan fingerprint density at radius 3 is 1.93 bits per heavy atom. The molecule has 7 heteroatoms. The molecule has 0 saturated carbocycles. The number of imidazole rings is 1. The van der Waals surface area contributed by atoms with Gasteiger partial charge in [0.25, 0.3) is 0 Å². The van der Waals surface area contributed by atoms with E-state index in [1.807, 2.05) is 12.4 Å². The Morgan fingerprint density at radius 2 is 1.25 bits per heavy atom. The number of para-hydroxylation sites is 2. The Bertz CT molecular complexity index is 2930. The van der Waals surface area contributed by atoms with Gasteiger partial charge in [-0.15, -0.1) is 0 Å². The number of benzene rings is 4. The third-order valence-electron chi connectivity index (χ3n) is 13.4. The van der Waals surface area contributed by atoms with Crippen LogP contribution in [0.15, 0.2) is 116 Å². The molecule has 4 aromatic heterocycles. The number of pyridine rings is 2. The fraction of sp³-hybridized carbons (Fsp3) is 0.286. The third-order valence-corrected chi connectivity index (χ3v) is 14.4. The van der Waals surface area contributed by atoms with Crippen LogP contribution in [0.5, 0.6) is 11.5 Å². The summed E-state index contributed by atoms with van der Waals surface area (Å²) in [6.45, 7) is 23.4. The molecule has 0 bridgehead atoms. The van der Waals surface area contributed by atoms with Gasteiger partial charge in [0.15, 0.2) is 0 Å². The fourth-order valence-corrected chi connectivity index (χ4v) is 10.0. The van der Waals surface area contributed by atoms with Crippen LogP contribution in [-0.4, -0.2) is 23.7 Å². The van der Waals surface area contributed by atoms with E-state index in [0.29, 0.717) is 5.75 Å². The van der Waals surface area contributed by atoms with Crippen molar-refractivity contribution < 1.29 is 24.1 Å². The first kappa shape index (κ1) is 36.6. The second kappa shape index (κ2) is 12.5. The molecule has 0 spiro atoms. The van der Waals surface area contributed by atoms with Gasteiger partial charge in [-0.1, -0.05) is 62.3 Å². The predicted octanol–water partition coefficient (Wildman–Crippen LogP) is 12.4. The number of ether oxygens (including phenoxy) is 1. The van der Waals surface area contributed by atoms with E-state index in [1.165, 1.54) is 33.0 Å². The molecule has 0 aliphatic heterocycles. The number of nitrogens with zero attached hydrogens (tertiary/aromatic N) is 5. The molecule has 0 saturated heterocycles.